The van der Waals surface area contributed by atoms with Crippen molar-refractivity contribution in [2.24, 2.45) is 5.92 Å². The molecule has 2 aromatic rings. The van der Waals surface area contributed by atoms with Gasteiger partial charge in [0, 0.05) is 6.04 Å². The smallest absolute Gasteiger partial charge is 0.343 e. The largest absolute Gasteiger partial charge is 0.493 e. The van der Waals surface area contributed by atoms with Crippen LogP contribution in [0.1, 0.15) is 48.5 Å². The van der Waals surface area contributed by atoms with Crippen molar-refractivity contribution in [3.63, 3.8) is 0 Å². The number of hydrogen-bond acceptors (Lipinski definition) is 7. The molecule has 0 radical (unpaired) electrons. The van der Waals surface area contributed by atoms with Crippen LogP contribution in [-0.4, -0.2) is 39.2 Å². The average molecular weight is 479 g/mol. The summed E-state index contributed by atoms with van der Waals surface area (Å²) in [5.74, 6) is 0.759. The summed E-state index contributed by atoms with van der Waals surface area (Å²) in [6.07, 6.45) is 5.71. The van der Waals surface area contributed by atoms with Crippen LogP contribution in [0.3, 0.4) is 0 Å². The minimum atomic E-state index is -0.605. The first-order valence-corrected chi connectivity index (χ1v) is 11.4. The molecule has 1 aliphatic rings. The zero-order chi connectivity index (χ0) is 25.4. The third-order valence-electron chi connectivity index (χ3n) is 6.11. The summed E-state index contributed by atoms with van der Waals surface area (Å²) in [7, 11) is 4.43. The van der Waals surface area contributed by atoms with Crippen LogP contribution in [-0.2, 0) is 4.79 Å². The number of ether oxygens (including phenoxy) is 4. The third-order valence-corrected chi connectivity index (χ3v) is 6.11. The fourth-order valence-electron chi connectivity index (χ4n) is 4.07. The number of amides is 1. The van der Waals surface area contributed by atoms with Gasteiger partial charge in [-0.25, -0.2) is 4.79 Å². The highest BCUT2D eigenvalue weighted by atomic mass is 16.6. The Balaban J connectivity index is 1.77. The molecule has 1 N–H and O–H groups in total. The molecule has 2 aromatic carbocycles. The van der Waals surface area contributed by atoms with Gasteiger partial charge in [-0.3, -0.25) is 4.79 Å². The lowest BCUT2D eigenvalue weighted by Gasteiger charge is -2.29. The summed E-state index contributed by atoms with van der Waals surface area (Å²) in [5.41, 5.74) is 0.838. The fourth-order valence-corrected chi connectivity index (χ4v) is 4.07. The van der Waals surface area contributed by atoms with Gasteiger partial charge in [0.25, 0.3) is 5.91 Å². The first-order valence-electron chi connectivity index (χ1n) is 11.4. The molecule has 8 heteroatoms. The van der Waals surface area contributed by atoms with Crippen molar-refractivity contribution < 1.29 is 28.5 Å². The van der Waals surface area contributed by atoms with Crippen LogP contribution in [0.4, 0.5) is 0 Å². The Labute approximate surface area is 205 Å². The number of hydrogen-bond donors (Lipinski definition) is 1. The molecule has 0 saturated heterocycles. The van der Waals surface area contributed by atoms with Crippen LogP contribution in [0.5, 0.6) is 23.0 Å². The minimum absolute atomic E-state index is 0.0000934. The second-order valence-corrected chi connectivity index (χ2v) is 8.38. The molecule has 8 nitrogen and oxygen atoms in total. The molecule has 184 valence electrons. The molecule has 0 aromatic heterocycles. The molecule has 1 amide bonds. The number of carbonyl (C=O) groups excluding carboxylic acids is 2. The molecule has 0 bridgehead atoms. The van der Waals surface area contributed by atoms with Crippen LogP contribution < -0.4 is 24.3 Å². The second kappa shape index (κ2) is 11.9. The molecule has 1 saturated carbocycles. The topological polar surface area (TPSA) is 107 Å². The van der Waals surface area contributed by atoms with Crippen molar-refractivity contribution in [3.05, 3.63) is 53.1 Å². The number of nitrogens with zero attached hydrogens (tertiary/aromatic N) is 1. The molecule has 1 aliphatic carbocycles. The standard InChI is InChI=1S/C27H30N2O6/c1-17-7-5-6-8-21(17)29-26(30)20(16-28)13-18-9-11-23(24(14-18)33-3)35-27(31)19-10-12-22(32-2)25(15-19)34-4/h9-15,17,21H,5-8H2,1-4H3,(H,29,30)/b20-13+/t17-,21+/m0/s1. The van der Waals surface area contributed by atoms with E-state index in [1.54, 1.807) is 30.3 Å². The van der Waals surface area contributed by atoms with E-state index < -0.39 is 11.9 Å². The van der Waals surface area contributed by atoms with Crippen molar-refractivity contribution in [1.82, 2.24) is 5.32 Å². The Bertz CT molecular complexity index is 1150. The number of esters is 1. The number of rotatable bonds is 8. The number of nitriles is 1. The molecule has 2 atom stereocenters. The Kier molecular flexibility index (Phi) is 8.74. The fraction of sp³-hybridized carbons (Fsp3) is 0.370. The van der Waals surface area contributed by atoms with Crippen molar-refractivity contribution in [2.75, 3.05) is 21.3 Å². The van der Waals surface area contributed by atoms with Crippen LogP contribution in [0, 0.1) is 17.2 Å². The van der Waals surface area contributed by atoms with Crippen LogP contribution in [0.2, 0.25) is 0 Å². The van der Waals surface area contributed by atoms with Gasteiger partial charge >= 0.3 is 5.97 Å². The lowest BCUT2D eigenvalue weighted by molar-refractivity contribution is -0.118. The van der Waals surface area contributed by atoms with E-state index in [9.17, 15) is 14.9 Å². The zero-order valence-electron chi connectivity index (χ0n) is 20.4. The molecule has 35 heavy (non-hydrogen) atoms. The SMILES string of the molecule is COc1ccc(C(=O)Oc2ccc(/C=C(\C#N)C(=O)N[C@@H]3CCCC[C@@H]3C)cc2OC)cc1OC. The highest BCUT2D eigenvalue weighted by Gasteiger charge is 2.24. The van der Waals surface area contributed by atoms with Gasteiger partial charge in [0.2, 0.25) is 0 Å². The summed E-state index contributed by atoms with van der Waals surface area (Å²) < 4.78 is 21.3. The van der Waals surface area contributed by atoms with Crippen molar-refractivity contribution in [2.45, 2.75) is 38.6 Å². The van der Waals surface area contributed by atoms with Crippen LogP contribution >= 0.6 is 0 Å². The predicted molar refractivity (Wildman–Crippen MR) is 131 cm³/mol. The normalized spacial score (nSPS) is 17.6. The maximum atomic E-state index is 12.7. The van der Waals surface area contributed by atoms with Gasteiger partial charge in [0.1, 0.15) is 11.6 Å². The molecule has 0 spiro atoms. The number of nitrogens with one attached hydrogen (secondary N) is 1. The first kappa shape index (κ1) is 25.6. The van der Waals surface area contributed by atoms with E-state index in [0.29, 0.717) is 23.0 Å². The number of benzene rings is 2. The number of carbonyl (C=O) groups is 2. The molecular weight excluding hydrogens is 448 g/mol. The third kappa shape index (κ3) is 6.33. The molecule has 3 rings (SSSR count). The van der Waals surface area contributed by atoms with Crippen molar-refractivity contribution >= 4 is 18.0 Å². The minimum Gasteiger partial charge on any atom is -0.493 e. The van der Waals surface area contributed by atoms with Gasteiger partial charge in [-0.05, 0) is 60.7 Å². The van der Waals surface area contributed by atoms with Gasteiger partial charge in [-0.15, -0.1) is 0 Å². The lowest BCUT2D eigenvalue weighted by atomic mass is 9.86. The Morgan fingerprint density at radius 1 is 0.943 bits per heavy atom. The van der Waals surface area contributed by atoms with Crippen molar-refractivity contribution in [1.29, 1.82) is 5.26 Å². The van der Waals surface area contributed by atoms with E-state index >= 15 is 0 Å². The first-order chi connectivity index (χ1) is 16.9. The summed E-state index contributed by atoms with van der Waals surface area (Å²) in [6.45, 7) is 2.12. The molecule has 0 unspecified atom stereocenters. The van der Waals surface area contributed by atoms with Crippen LogP contribution in [0.25, 0.3) is 6.08 Å². The van der Waals surface area contributed by atoms with E-state index in [-0.39, 0.29) is 28.7 Å². The Morgan fingerprint density at radius 3 is 2.26 bits per heavy atom. The molecular formula is C27H30N2O6. The summed E-state index contributed by atoms with van der Waals surface area (Å²) in [6, 6.07) is 11.6. The predicted octanol–water partition coefficient (Wildman–Crippen LogP) is 4.53. The van der Waals surface area contributed by atoms with Gasteiger partial charge in [0.05, 0.1) is 26.9 Å². The highest BCUT2D eigenvalue weighted by molar-refractivity contribution is 6.02. The Morgan fingerprint density at radius 2 is 1.60 bits per heavy atom. The van der Waals surface area contributed by atoms with E-state index in [4.69, 9.17) is 18.9 Å². The zero-order valence-corrected chi connectivity index (χ0v) is 20.4. The molecule has 0 heterocycles. The molecule has 1 fully saturated rings. The van der Waals surface area contributed by atoms with E-state index in [1.807, 2.05) is 6.07 Å². The Hall–Kier alpha value is -3.99. The maximum absolute atomic E-state index is 12.7. The van der Waals surface area contributed by atoms with Crippen LogP contribution in [0.15, 0.2) is 42.0 Å². The summed E-state index contributed by atoms with van der Waals surface area (Å²) in [5, 5.41) is 12.6. The van der Waals surface area contributed by atoms with Gasteiger partial charge in [-0.1, -0.05) is 25.8 Å². The van der Waals surface area contributed by atoms with Crippen molar-refractivity contribution in [3.8, 4) is 29.1 Å². The van der Waals surface area contributed by atoms with E-state index in [1.165, 1.54) is 33.5 Å². The van der Waals surface area contributed by atoms with Gasteiger partial charge < -0.3 is 24.3 Å². The van der Waals surface area contributed by atoms with E-state index in [0.717, 1.165) is 25.7 Å². The number of methoxy groups -OCH3 is 3. The summed E-state index contributed by atoms with van der Waals surface area (Å²) >= 11 is 0. The van der Waals surface area contributed by atoms with Gasteiger partial charge in [-0.2, -0.15) is 5.26 Å². The average Bonchev–Trinajstić information content (AvgIpc) is 2.88. The lowest BCUT2D eigenvalue weighted by Crippen LogP contribution is -2.41. The quantitative estimate of drug-likeness (QED) is 0.257. The highest BCUT2D eigenvalue weighted by Crippen LogP contribution is 2.32. The second-order valence-electron chi connectivity index (χ2n) is 8.38. The summed E-state index contributed by atoms with van der Waals surface area (Å²) in [4.78, 5) is 25.4. The monoisotopic (exact) mass is 478 g/mol. The van der Waals surface area contributed by atoms with Gasteiger partial charge in [0.15, 0.2) is 23.0 Å². The maximum Gasteiger partial charge on any atom is 0.343 e. The molecule has 0 aliphatic heterocycles. The van der Waals surface area contributed by atoms with E-state index in [2.05, 4.69) is 12.2 Å².